The van der Waals surface area contributed by atoms with E-state index in [1.54, 1.807) is 0 Å². The van der Waals surface area contributed by atoms with Crippen LogP contribution in [0.4, 0.5) is 0 Å². The molecule has 0 bridgehead atoms. The van der Waals surface area contributed by atoms with Crippen molar-refractivity contribution in [3.63, 3.8) is 0 Å². The Hall–Kier alpha value is -2.59. The van der Waals surface area contributed by atoms with Gasteiger partial charge >= 0.3 is 0 Å². The number of aromatic nitrogens is 1. The number of benzene rings is 2. The van der Waals surface area contributed by atoms with Crippen molar-refractivity contribution in [1.29, 1.82) is 0 Å². The Labute approximate surface area is 147 Å². The van der Waals surface area contributed by atoms with Gasteiger partial charge in [0.2, 0.25) is 0 Å². The smallest absolute Gasteiger partial charge is 0.254 e. The van der Waals surface area contributed by atoms with E-state index in [1.807, 2.05) is 29.3 Å². The zero-order valence-electron chi connectivity index (χ0n) is 14.4. The Morgan fingerprint density at radius 3 is 2.96 bits per heavy atom. The predicted octanol–water partition coefficient (Wildman–Crippen LogP) is 4.09. The van der Waals surface area contributed by atoms with Gasteiger partial charge in [-0.25, -0.2) is 0 Å². The van der Waals surface area contributed by atoms with Gasteiger partial charge in [0.25, 0.3) is 5.91 Å². The number of ether oxygens (including phenoxy) is 1. The van der Waals surface area contributed by atoms with Crippen LogP contribution in [0.25, 0.3) is 22.0 Å². The maximum atomic E-state index is 13.0. The van der Waals surface area contributed by atoms with Crippen molar-refractivity contribution in [2.24, 2.45) is 0 Å². The van der Waals surface area contributed by atoms with Gasteiger partial charge in [-0.1, -0.05) is 31.2 Å². The second kappa shape index (κ2) is 6.73. The van der Waals surface area contributed by atoms with Gasteiger partial charge in [-0.2, -0.15) is 0 Å². The van der Waals surface area contributed by atoms with Gasteiger partial charge in [0, 0.05) is 23.8 Å². The molecule has 1 amide bonds. The SMILES string of the molecule is CC[C@@H]1COCCN1C(=O)c1cccc(-c2ccc3cc[nH]c3c2)c1. The van der Waals surface area contributed by atoms with E-state index < -0.39 is 0 Å². The summed E-state index contributed by atoms with van der Waals surface area (Å²) in [5.74, 6) is 0.0953. The molecule has 0 aliphatic carbocycles. The van der Waals surface area contributed by atoms with Crippen LogP contribution in [-0.2, 0) is 4.74 Å². The summed E-state index contributed by atoms with van der Waals surface area (Å²) < 4.78 is 5.52. The molecule has 0 spiro atoms. The Bertz CT molecular complexity index is 900. The highest BCUT2D eigenvalue weighted by Crippen LogP contribution is 2.25. The summed E-state index contributed by atoms with van der Waals surface area (Å²) >= 11 is 0. The number of hydrogen-bond donors (Lipinski definition) is 1. The number of amides is 1. The van der Waals surface area contributed by atoms with Crippen LogP contribution in [0.1, 0.15) is 23.7 Å². The van der Waals surface area contributed by atoms with Gasteiger partial charge in [0.05, 0.1) is 19.3 Å². The van der Waals surface area contributed by atoms with E-state index >= 15 is 0 Å². The molecule has 4 rings (SSSR count). The molecule has 3 aromatic rings. The summed E-state index contributed by atoms with van der Waals surface area (Å²) in [4.78, 5) is 18.2. The van der Waals surface area contributed by atoms with Crippen LogP contribution in [0.2, 0.25) is 0 Å². The van der Waals surface area contributed by atoms with Crippen molar-refractivity contribution in [1.82, 2.24) is 9.88 Å². The minimum atomic E-state index is 0.0953. The number of fused-ring (bicyclic) bond motifs is 1. The molecule has 1 N–H and O–H groups in total. The first-order valence-electron chi connectivity index (χ1n) is 8.82. The van der Waals surface area contributed by atoms with Gasteiger partial charge in [-0.3, -0.25) is 4.79 Å². The zero-order valence-corrected chi connectivity index (χ0v) is 14.4. The first-order chi connectivity index (χ1) is 12.3. The third kappa shape index (κ3) is 3.05. The Morgan fingerprint density at radius 2 is 2.08 bits per heavy atom. The molecule has 1 saturated heterocycles. The molecule has 0 radical (unpaired) electrons. The highest BCUT2D eigenvalue weighted by molar-refractivity contribution is 5.96. The number of nitrogens with one attached hydrogen (secondary N) is 1. The lowest BCUT2D eigenvalue weighted by molar-refractivity contribution is -0.00279. The summed E-state index contributed by atoms with van der Waals surface area (Å²) in [6, 6.07) is 16.5. The van der Waals surface area contributed by atoms with E-state index in [-0.39, 0.29) is 11.9 Å². The lowest BCUT2D eigenvalue weighted by Gasteiger charge is -2.35. The molecule has 25 heavy (non-hydrogen) atoms. The van der Waals surface area contributed by atoms with Crippen molar-refractivity contribution < 1.29 is 9.53 Å². The summed E-state index contributed by atoms with van der Waals surface area (Å²) in [5, 5.41) is 1.19. The number of hydrogen-bond acceptors (Lipinski definition) is 2. The number of aromatic amines is 1. The molecule has 1 aliphatic rings. The quantitative estimate of drug-likeness (QED) is 0.784. The fraction of sp³-hybridized carbons (Fsp3) is 0.286. The average Bonchev–Trinajstić information content (AvgIpc) is 3.15. The monoisotopic (exact) mass is 334 g/mol. The van der Waals surface area contributed by atoms with E-state index in [0.717, 1.165) is 28.6 Å². The molecule has 4 heteroatoms. The number of carbonyl (C=O) groups is 1. The molecular formula is C21H22N2O2. The van der Waals surface area contributed by atoms with E-state index in [9.17, 15) is 4.79 Å². The standard InChI is InChI=1S/C21H22N2O2/c1-2-19-14-25-11-10-23(19)21(24)18-5-3-4-16(12-18)17-7-6-15-8-9-22-20(15)13-17/h3-9,12-13,19,22H,2,10-11,14H2,1H3/t19-/m1/s1. The van der Waals surface area contributed by atoms with Crippen molar-refractivity contribution in [3.8, 4) is 11.1 Å². The summed E-state index contributed by atoms with van der Waals surface area (Å²) in [5.41, 5.74) is 4.01. The van der Waals surface area contributed by atoms with Crippen molar-refractivity contribution in [2.75, 3.05) is 19.8 Å². The largest absolute Gasteiger partial charge is 0.377 e. The minimum Gasteiger partial charge on any atom is -0.377 e. The van der Waals surface area contributed by atoms with E-state index in [4.69, 9.17) is 4.74 Å². The van der Waals surface area contributed by atoms with Crippen LogP contribution in [-0.4, -0.2) is 41.6 Å². The third-order valence-electron chi connectivity index (χ3n) is 4.96. The molecule has 4 nitrogen and oxygen atoms in total. The van der Waals surface area contributed by atoms with Crippen LogP contribution < -0.4 is 0 Å². The molecule has 1 aliphatic heterocycles. The molecule has 1 atom stereocenters. The number of morpholine rings is 1. The second-order valence-corrected chi connectivity index (χ2v) is 6.50. The minimum absolute atomic E-state index is 0.0953. The maximum Gasteiger partial charge on any atom is 0.254 e. The average molecular weight is 334 g/mol. The molecule has 1 fully saturated rings. The molecule has 128 valence electrons. The van der Waals surface area contributed by atoms with Crippen LogP contribution in [0.5, 0.6) is 0 Å². The van der Waals surface area contributed by atoms with Crippen LogP contribution in [0, 0.1) is 0 Å². The van der Waals surface area contributed by atoms with Gasteiger partial charge in [-0.15, -0.1) is 0 Å². The van der Waals surface area contributed by atoms with Crippen LogP contribution >= 0.6 is 0 Å². The van der Waals surface area contributed by atoms with Crippen LogP contribution in [0.3, 0.4) is 0 Å². The Kier molecular flexibility index (Phi) is 4.28. The first-order valence-corrected chi connectivity index (χ1v) is 8.82. The summed E-state index contributed by atoms with van der Waals surface area (Å²) in [7, 11) is 0. The normalized spacial score (nSPS) is 17.8. The highest BCUT2D eigenvalue weighted by Gasteiger charge is 2.26. The summed E-state index contributed by atoms with van der Waals surface area (Å²) in [6.07, 6.45) is 2.85. The van der Waals surface area contributed by atoms with Gasteiger partial charge in [0.1, 0.15) is 0 Å². The predicted molar refractivity (Wildman–Crippen MR) is 99.7 cm³/mol. The Balaban J connectivity index is 1.65. The Morgan fingerprint density at radius 1 is 1.20 bits per heavy atom. The number of carbonyl (C=O) groups excluding carboxylic acids is 1. The molecule has 2 aromatic carbocycles. The maximum absolute atomic E-state index is 13.0. The highest BCUT2D eigenvalue weighted by atomic mass is 16.5. The lowest BCUT2D eigenvalue weighted by Crippen LogP contribution is -2.48. The second-order valence-electron chi connectivity index (χ2n) is 6.50. The van der Waals surface area contributed by atoms with Crippen LogP contribution in [0.15, 0.2) is 54.7 Å². The number of rotatable bonds is 3. The number of H-pyrrole nitrogens is 1. The summed E-state index contributed by atoms with van der Waals surface area (Å²) in [6.45, 7) is 4.01. The van der Waals surface area contributed by atoms with Gasteiger partial charge in [0.15, 0.2) is 0 Å². The lowest BCUT2D eigenvalue weighted by atomic mass is 10.0. The van der Waals surface area contributed by atoms with Crippen molar-refractivity contribution in [2.45, 2.75) is 19.4 Å². The van der Waals surface area contributed by atoms with Gasteiger partial charge < -0.3 is 14.6 Å². The van der Waals surface area contributed by atoms with Crippen molar-refractivity contribution in [3.05, 3.63) is 60.3 Å². The molecule has 2 heterocycles. The number of nitrogens with zero attached hydrogens (tertiary/aromatic N) is 1. The zero-order chi connectivity index (χ0) is 17.2. The molecule has 1 aromatic heterocycles. The van der Waals surface area contributed by atoms with E-state index in [1.165, 1.54) is 5.39 Å². The first kappa shape index (κ1) is 15.9. The van der Waals surface area contributed by atoms with E-state index in [0.29, 0.717) is 19.8 Å². The van der Waals surface area contributed by atoms with Crippen molar-refractivity contribution >= 4 is 16.8 Å². The van der Waals surface area contributed by atoms with Gasteiger partial charge in [-0.05, 0) is 47.2 Å². The fourth-order valence-electron chi connectivity index (χ4n) is 3.49. The topological polar surface area (TPSA) is 45.3 Å². The third-order valence-corrected chi connectivity index (χ3v) is 4.96. The van der Waals surface area contributed by atoms with E-state index in [2.05, 4.69) is 42.2 Å². The molecule has 0 unspecified atom stereocenters. The molecule has 0 saturated carbocycles. The fourth-order valence-corrected chi connectivity index (χ4v) is 3.49. The molecular weight excluding hydrogens is 312 g/mol.